The Morgan fingerprint density at radius 1 is 0.394 bits per heavy atom. The maximum absolute atomic E-state index is 13.9. The Balaban J connectivity index is 1.11. The third-order valence-electron chi connectivity index (χ3n) is 17.1. The van der Waals surface area contributed by atoms with Crippen LogP contribution < -0.4 is 63.8 Å². The number of urea groups is 1. The van der Waals surface area contributed by atoms with Crippen molar-refractivity contribution in [3.05, 3.63) is 120 Å². The number of carbonyl (C=O) groups excluding carboxylic acids is 11. The molecule has 17 N–H and O–H groups in total. The summed E-state index contributed by atoms with van der Waals surface area (Å²) >= 11 is 0. The standard InChI is InChI=1S/C71H92N12O21/c1-40(76-67(98)56(36-44-16-8-5-9-17-44)81-68(99)55(77-42(3)84)35-43-14-6-4-7-15-43)61(92)75-41(2)62(93)78-51(28-31-59(88)89)66(97)79-50(27-30-58(86)87)64(95)74-39-57(85)73-38-45-21-25-48(26-22-45)63(94)80-54(37-46-23-24-47-18-10-11-19-49(47)34-46)65(96)72-33-13-12-20-52(69(100)101)82-71(104)83-53(70(102)103)29-32-60(90)91/h4-11,14-19,23-24,34,40-41,45,48,50-56H,12-13,20-22,25-33,35-39H2,1-3H3,(H,72,96)(H,73,85)(H,74,95)(H,75,92)(H,76,98)(H,77,84)(H,78,93)(H,79,97)(H,80,94)(H,81,99)(H,86,87)(H,88,89)(H,90,91)(H,100,101)(H,102,103)(H2,82,83,104)/t40-,41-,45?,48?,50-,51-,52+,53+,54+,55-,56-/m1/s1. The SMILES string of the molecule is CC(=O)N[C@H](Cc1ccccc1)C(=O)N[C@H](Cc1ccccc1)C(=O)N[C@H](C)C(=O)N[C@H](C)C(=O)N[C@H](CCC(=O)O)C(=O)N[C@H](CCC(=O)O)C(=O)NCC(=O)NCC1CCC(C(=O)N[C@@H](Cc2ccc3ccccc3c2)C(=O)NCCCC[C@H](NC(=O)N[C@@H](CCC(=O)O)C(=O)O)C(=O)O)CC1. The Hall–Kier alpha value is -11.5. The van der Waals surface area contributed by atoms with Crippen LogP contribution in [0.4, 0.5) is 4.79 Å². The second-order valence-electron chi connectivity index (χ2n) is 25.4. The van der Waals surface area contributed by atoms with Gasteiger partial charge in [-0.15, -0.1) is 0 Å². The quantitative estimate of drug-likeness (QED) is 0.0267. The molecule has 0 radical (unpaired) electrons. The number of rotatable bonds is 43. The number of fused-ring (bicyclic) bond motifs is 1. The second-order valence-corrected chi connectivity index (χ2v) is 25.4. The van der Waals surface area contributed by atoms with E-state index in [1.165, 1.54) is 20.8 Å². The number of carboxylic acids is 5. The summed E-state index contributed by atoms with van der Waals surface area (Å²) < 4.78 is 0. The van der Waals surface area contributed by atoms with Gasteiger partial charge in [0.2, 0.25) is 59.1 Å². The summed E-state index contributed by atoms with van der Waals surface area (Å²) in [6, 6.07) is 17.0. The van der Waals surface area contributed by atoms with E-state index in [0.717, 1.165) is 21.9 Å². The molecule has 562 valence electrons. The van der Waals surface area contributed by atoms with Crippen LogP contribution in [0.2, 0.25) is 0 Å². The van der Waals surface area contributed by atoms with Crippen LogP contribution in [0.1, 0.15) is 121 Å². The fraction of sp³-hybridized carbons (Fsp3) is 0.465. The number of benzene rings is 4. The molecule has 33 heteroatoms. The van der Waals surface area contributed by atoms with Gasteiger partial charge in [0.25, 0.3) is 0 Å². The van der Waals surface area contributed by atoms with Crippen LogP contribution >= 0.6 is 0 Å². The van der Waals surface area contributed by atoms with Crippen molar-refractivity contribution >= 4 is 106 Å². The fourth-order valence-corrected chi connectivity index (χ4v) is 11.4. The van der Waals surface area contributed by atoms with Crippen molar-refractivity contribution in [2.75, 3.05) is 19.6 Å². The lowest BCUT2D eigenvalue weighted by Gasteiger charge is -2.29. The molecule has 0 saturated heterocycles. The molecule has 4 aromatic carbocycles. The Labute approximate surface area is 598 Å². The topological polar surface area (TPSA) is 519 Å². The van der Waals surface area contributed by atoms with Crippen molar-refractivity contribution < 1.29 is 102 Å². The molecule has 9 atom stereocenters. The highest BCUT2D eigenvalue weighted by Crippen LogP contribution is 2.29. The summed E-state index contributed by atoms with van der Waals surface area (Å²) in [5.41, 5.74) is 2.11. The lowest BCUT2D eigenvalue weighted by Crippen LogP contribution is -2.59. The molecule has 0 heterocycles. The van der Waals surface area contributed by atoms with E-state index in [2.05, 4.69) is 63.8 Å². The van der Waals surface area contributed by atoms with E-state index in [9.17, 15) is 97.1 Å². The minimum absolute atomic E-state index is 0.0348. The van der Waals surface area contributed by atoms with Gasteiger partial charge in [0.05, 0.1) is 6.54 Å². The molecule has 1 aliphatic carbocycles. The first-order chi connectivity index (χ1) is 49.4. The number of nitrogens with one attached hydrogen (secondary N) is 12. The number of amides is 12. The Bertz CT molecular complexity index is 3690. The average Bonchev–Trinajstić information content (AvgIpc) is 0.838. The van der Waals surface area contributed by atoms with Crippen molar-refractivity contribution in [3.8, 4) is 0 Å². The Kier molecular flexibility index (Phi) is 34.1. The van der Waals surface area contributed by atoms with E-state index in [0.29, 0.717) is 31.2 Å². The maximum Gasteiger partial charge on any atom is 0.326 e. The number of carbonyl (C=O) groups is 16. The van der Waals surface area contributed by atoms with Gasteiger partial charge in [-0.05, 0) is 111 Å². The number of hydrogen-bond acceptors (Lipinski definition) is 16. The molecule has 0 spiro atoms. The summed E-state index contributed by atoms with van der Waals surface area (Å²) in [5.74, 6) is -15.2. The largest absolute Gasteiger partial charge is 0.481 e. The Morgan fingerprint density at radius 2 is 0.827 bits per heavy atom. The molecule has 1 aliphatic rings. The third-order valence-corrected chi connectivity index (χ3v) is 17.1. The van der Waals surface area contributed by atoms with Gasteiger partial charge in [0.15, 0.2) is 0 Å². The van der Waals surface area contributed by atoms with E-state index in [1.54, 1.807) is 60.7 Å². The first kappa shape index (κ1) is 83.1. The van der Waals surface area contributed by atoms with Gasteiger partial charge in [-0.3, -0.25) is 62.3 Å². The molecule has 5 rings (SSSR count). The normalized spacial score (nSPS) is 15.8. The lowest BCUT2D eigenvalue weighted by atomic mass is 9.81. The molecular formula is C71H92N12O21. The van der Waals surface area contributed by atoms with E-state index >= 15 is 0 Å². The van der Waals surface area contributed by atoms with Crippen LogP contribution in [0.25, 0.3) is 10.8 Å². The molecule has 4 aromatic rings. The highest BCUT2D eigenvalue weighted by atomic mass is 16.4. The van der Waals surface area contributed by atoms with Gasteiger partial charge < -0.3 is 89.3 Å². The van der Waals surface area contributed by atoms with Crippen LogP contribution in [-0.4, -0.2) is 194 Å². The van der Waals surface area contributed by atoms with Gasteiger partial charge in [-0.25, -0.2) is 14.4 Å². The minimum atomic E-state index is -1.68. The predicted octanol–water partition coefficient (Wildman–Crippen LogP) is 0.446. The smallest absolute Gasteiger partial charge is 0.326 e. The molecule has 0 aliphatic heterocycles. The van der Waals surface area contributed by atoms with Gasteiger partial charge in [0.1, 0.15) is 54.4 Å². The molecule has 1 fully saturated rings. The summed E-state index contributed by atoms with van der Waals surface area (Å²) in [6.07, 6.45) is -1.30. The maximum atomic E-state index is 13.9. The zero-order valence-electron chi connectivity index (χ0n) is 57.9. The molecule has 0 bridgehead atoms. The molecule has 0 aromatic heterocycles. The van der Waals surface area contributed by atoms with Crippen LogP contribution in [0.15, 0.2) is 103 Å². The number of hydrogen-bond donors (Lipinski definition) is 17. The van der Waals surface area contributed by atoms with Crippen molar-refractivity contribution in [2.45, 2.75) is 178 Å². The Morgan fingerprint density at radius 3 is 1.38 bits per heavy atom. The third kappa shape index (κ3) is 30.0. The monoisotopic (exact) mass is 1450 g/mol. The number of unbranched alkanes of at least 4 members (excludes halogenated alkanes) is 1. The van der Waals surface area contributed by atoms with Crippen molar-refractivity contribution in [1.29, 1.82) is 0 Å². The molecular weight excluding hydrogens is 1360 g/mol. The zero-order valence-corrected chi connectivity index (χ0v) is 57.9. The van der Waals surface area contributed by atoms with Crippen LogP contribution in [0, 0.1) is 11.8 Å². The van der Waals surface area contributed by atoms with Crippen molar-refractivity contribution in [1.82, 2.24) is 63.8 Å². The van der Waals surface area contributed by atoms with E-state index in [-0.39, 0.29) is 57.5 Å². The van der Waals surface area contributed by atoms with Crippen LogP contribution in [0.5, 0.6) is 0 Å². The van der Waals surface area contributed by atoms with E-state index < -0.39 is 200 Å². The lowest BCUT2D eigenvalue weighted by molar-refractivity contribution is -0.141. The highest BCUT2D eigenvalue weighted by Gasteiger charge is 2.35. The first-order valence-electron chi connectivity index (χ1n) is 34.1. The first-order valence-corrected chi connectivity index (χ1v) is 34.1. The van der Waals surface area contributed by atoms with Gasteiger partial charge >= 0.3 is 35.9 Å². The summed E-state index contributed by atoms with van der Waals surface area (Å²) in [7, 11) is 0. The summed E-state index contributed by atoms with van der Waals surface area (Å²) in [6.45, 7) is 3.29. The van der Waals surface area contributed by atoms with Crippen molar-refractivity contribution in [2.24, 2.45) is 11.8 Å². The van der Waals surface area contributed by atoms with E-state index in [4.69, 9.17) is 5.11 Å². The summed E-state index contributed by atoms with van der Waals surface area (Å²) in [4.78, 5) is 206. The van der Waals surface area contributed by atoms with Crippen LogP contribution in [0.3, 0.4) is 0 Å². The van der Waals surface area contributed by atoms with E-state index in [1.807, 2.05) is 42.5 Å². The minimum Gasteiger partial charge on any atom is -0.481 e. The molecule has 104 heavy (non-hydrogen) atoms. The van der Waals surface area contributed by atoms with Gasteiger partial charge in [-0.2, -0.15) is 0 Å². The van der Waals surface area contributed by atoms with Crippen LogP contribution in [-0.2, 0) is 91.2 Å². The predicted molar refractivity (Wildman–Crippen MR) is 372 cm³/mol. The molecule has 33 nitrogen and oxygen atoms in total. The van der Waals surface area contributed by atoms with Gasteiger partial charge in [-0.1, -0.05) is 103 Å². The average molecular weight is 1450 g/mol. The van der Waals surface area contributed by atoms with Crippen molar-refractivity contribution in [3.63, 3.8) is 0 Å². The highest BCUT2D eigenvalue weighted by molar-refractivity contribution is 5.98. The fourth-order valence-electron chi connectivity index (χ4n) is 11.4. The second kappa shape index (κ2) is 42.7. The molecule has 0 unspecified atom stereocenters. The zero-order chi connectivity index (χ0) is 76.4. The van der Waals surface area contributed by atoms with Gasteiger partial charge in [0, 0.05) is 64.5 Å². The summed E-state index contributed by atoms with van der Waals surface area (Å²) in [5, 5.41) is 78.8. The molecule has 1 saturated carbocycles. The molecule has 12 amide bonds. The number of aliphatic carboxylic acids is 5. The number of carboxylic acid groups (broad SMARTS) is 5.